The summed E-state index contributed by atoms with van der Waals surface area (Å²) in [4.78, 5) is 0. The number of aryl methyl sites for hydroxylation is 2. The molecule has 0 aromatic heterocycles. The largest absolute Gasteiger partial charge is 0.534 e. The first-order valence-electron chi connectivity index (χ1n) is 7.35. The van der Waals surface area contributed by atoms with E-state index in [0.717, 1.165) is 24.0 Å². The molecule has 0 fully saturated rings. The number of halogens is 3. The Hall–Kier alpha value is -2.02. The van der Waals surface area contributed by atoms with Crippen molar-refractivity contribution in [3.05, 3.63) is 53.6 Å². The molecule has 0 aliphatic carbocycles. The van der Waals surface area contributed by atoms with Crippen LogP contribution in [0.1, 0.15) is 24.5 Å². The highest BCUT2D eigenvalue weighted by Crippen LogP contribution is 2.31. The normalized spacial score (nSPS) is 12.2. The van der Waals surface area contributed by atoms with Gasteiger partial charge in [0.15, 0.2) is 0 Å². The summed E-state index contributed by atoms with van der Waals surface area (Å²) in [5.74, 6) is -0.335. The molecule has 0 spiro atoms. The van der Waals surface area contributed by atoms with Crippen molar-refractivity contribution in [1.82, 2.24) is 0 Å². The predicted octanol–water partition coefficient (Wildman–Crippen LogP) is 4.84. The van der Waals surface area contributed by atoms with Gasteiger partial charge in [0.05, 0.1) is 0 Å². The van der Waals surface area contributed by atoms with E-state index in [1.165, 1.54) is 24.6 Å². The summed E-state index contributed by atoms with van der Waals surface area (Å²) in [6.45, 7) is 3.58. The summed E-state index contributed by atoms with van der Waals surface area (Å²) in [5, 5.41) is 0. The highest BCUT2D eigenvalue weighted by Gasteiger charge is 2.48. The molecule has 0 heterocycles. The van der Waals surface area contributed by atoms with Gasteiger partial charge in [-0.1, -0.05) is 43.7 Å². The molecular formula is C17H17F3O3S. The van der Waals surface area contributed by atoms with E-state index in [4.69, 9.17) is 0 Å². The van der Waals surface area contributed by atoms with Crippen LogP contribution in [0.2, 0.25) is 0 Å². The van der Waals surface area contributed by atoms with Crippen LogP contribution in [-0.4, -0.2) is 13.9 Å². The van der Waals surface area contributed by atoms with Crippen molar-refractivity contribution < 1.29 is 25.8 Å². The van der Waals surface area contributed by atoms with Crippen molar-refractivity contribution in [2.75, 3.05) is 0 Å². The Bertz CT molecular complexity index is 810. The first-order valence-corrected chi connectivity index (χ1v) is 8.75. The van der Waals surface area contributed by atoms with Gasteiger partial charge in [0, 0.05) is 0 Å². The maximum absolute atomic E-state index is 12.4. The van der Waals surface area contributed by atoms with Crippen molar-refractivity contribution >= 4 is 10.1 Å². The molecule has 0 amide bonds. The molecule has 0 aliphatic heterocycles. The Labute approximate surface area is 139 Å². The molecule has 2 aromatic carbocycles. The zero-order valence-corrected chi connectivity index (χ0v) is 14.0. The van der Waals surface area contributed by atoms with Crippen LogP contribution in [0.15, 0.2) is 42.5 Å². The van der Waals surface area contributed by atoms with Crippen LogP contribution in [0.4, 0.5) is 13.2 Å². The minimum Gasteiger partial charge on any atom is -0.376 e. The molecule has 130 valence electrons. The topological polar surface area (TPSA) is 43.4 Å². The Morgan fingerprint density at radius 3 is 2.08 bits per heavy atom. The van der Waals surface area contributed by atoms with E-state index in [9.17, 15) is 21.6 Å². The summed E-state index contributed by atoms with van der Waals surface area (Å²) in [5.41, 5.74) is -2.28. The number of hydrogen-bond donors (Lipinski definition) is 0. The highest BCUT2D eigenvalue weighted by molar-refractivity contribution is 7.88. The standard InChI is InChI=1S/C17H17F3O3S/c1-3-4-13-5-7-14(8-6-13)15-9-10-16(12(2)11-15)23-24(21,22)17(18,19)20/h5-11H,3-4H2,1-2H3. The molecule has 0 radical (unpaired) electrons. The van der Waals surface area contributed by atoms with Crippen molar-refractivity contribution in [1.29, 1.82) is 0 Å². The molecule has 24 heavy (non-hydrogen) atoms. The average Bonchev–Trinajstić information content (AvgIpc) is 2.49. The van der Waals surface area contributed by atoms with Crippen molar-refractivity contribution in [3.63, 3.8) is 0 Å². The van der Waals surface area contributed by atoms with Gasteiger partial charge in [-0.15, -0.1) is 0 Å². The van der Waals surface area contributed by atoms with E-state index in [2.05, 4.69) is 11.1 Å². The van der Waals surface area contributed by atoms with E-state index in [0.29, 0.717) is 5.56 Å². The molecule has 3 nitrogen and oxygen atoms in total. The van der Waals surface area contributed by atoms with Crippen LogP contribution in [0.5, 0.6) is 5.75 Å². The van der Waals surface area contributed by atoms with Gasteiger partial charge in [0.25, 0.3) is 0 Å². The van der Waals surface area contributed by atoms with Crippen LogP contribution >= 0.6 is 0 Å². The van der Waals surface area contributed by atoms with Crippen molar-refractivity contribution in [2.24, 2.45) is 0 Å². The third-order valence-corrected chi connectivity index (χ3v) is 4.45. The maximum Gasteiger partial charge on any atom is 0.534 e. The SMILES string of the molecule is CCCc1ccc(-c2ccc(OS(=O)(=O)C(F)(F)F)c(C)c2)cc1. The Kier molecular flexibility index (Phi) is 5.22. The fourth-order valence-electron chi connectivity index (χ4n) is 2.24. The highest BCUT2D eigenvalue weighted by atomic mass is 32.2. The Morgan fingerprint density at radius 2 is 1.58 bits per heavy atom. The third kappa shape index (κ3) is 4.08. The molecule has 0 atom stereocenters. The van der Waals surface area contributed by atoms with Crippen LogP contribution in [0.25, 0.3) is 11.1 Å². The summed E-state index contributed by atoms with van der Waals surface area (Å²) >= 11 is 0. The summed E-state index contributed by atoms with van der Waals surface area (Å²) in [7, 11) is -5.66. The lowest BCUT2D eigenvalue weighted by Gasteiger charge is -2.12. The molecule has 0 N–H and O–H groups in total. The summed E-state index contributed by atoms with van der Waals surface area (Å²) in [6.07, 6.45) is 2.01. The van der Waals surface area contributed by atoms with Crippen molar-refractivity contribution in [3.8, 4) is 16.9 Å². The molecule has 2 rings (SSSR count). The smallest absolute Gasteiger partial charge is 0.376 e. The van der Waals surface area contributed by atoms with Gasteiger partial charge in [0.1, 0.15) is 5.75 Å². The second-order valence-corrected chi connectivity index (χ2v) is 6.95. The van der Waals surface area contributed by atoms with E-state index in [-0.39, 0.29) is 5.75 Å². The van der Waals surface area contributed by atoms with Gasteiger partial charge < -0.3 is 4.18 Å². The lowest BCUT2D eigenvalue weighted by Crippen LogP contribution is -2.28. The lowest BCUT2D eigenvalue weighted by molar-refractivity contribution is -0.0500. The van der Waals surface area contributed by atoms with Crippen LogP contribution in [0.3, 0.4) is 0 Å². The molecular weight excluding hydrogens is 341 g/mol. The van der Waals surface area contributed by atoms with Gasteiger partial charge >= 0.3 is 15.6 Å². The monoisotopic (exact) mass is 358 g/mol. The third-order valence-electron chi connectivity index (χ3n) is 3.48. The number of alkyl halides is 3. The first-order chi connectivity index (χ1) is 11.1. The van der Waals surface area contributed by atoms with Gasteiger partial charge in [-0.05, 0) is 47.7 Å². The van der Waals surface area contributed by atoms with E-state index < -0.39 is 15.6 Å². The lowest BCUT2D eigenvalue weighted by atomic mass is 10.0. The zero-order valence-electron chi connectivity index (χ0n) is 13.2. The number of benzene rings is 2. The average molecular weight is 358 g/mol. The molecule has 0 unspecified atom stereocenters. The molecule has 0 saturated heterocycles. The molecule has 0 aliphatic rings. The minimum atomic E-state index is -5.66. The Balaban J connectivity index is 2.27. The maximum atomic E-state index is 12.4. The zero-order chi connectivity index (χ0) is 18.0. The van der Waals surface area contributed by atoms with Crippen LogP contribution in [-0.2, 0) is 16.5 Å². The molecule has 0 bridgehead atoms. The van der Waals surface area contributed by atoms with Crippen LogP contribution in [0, 0.1) is 6.92 Å². The minimum absolute atomic E-state index is 0.304. The molecule has 7 heteroatoms. The molecule has 0 saturated carbocycles. The number of hydrogen-bond acceptors (Lipinski definition) is 3. The summed E-state index contributed by atoms with van der Waals surface area (Å²) in [6, 6.07) is 12.2. The van der Waals surface area contributed by atoms with Gasteiger partial charge in [-0.25, -0.2) is 0 Å². The van der Waals surface area contributed by atoms with E-state index in [1.807, 2.05) is 24.3 Å². The fraction of sp³-hybridized carbons (Fsp3) is 0.294. The second-order valence-electron chi connectivity index (χ2n) is 5.41. The summed E-state index contributed by atoms with van der Waals surface area (Å²) < 4.78 is 63.5. The fourth-order valence-corrected chi connectivity index (χ4v) is 2.76. The van der Waals surface area contributed by atoms with E-state index in [1.54, 1.807) is 6.07 Å². The first kappa shape index (κ1) is 18.3. The number of rotatable bonds is 5. The van der Waals surface area contributed by atoms with Crippen molar-refractivity contribution in [2.45, 2.75) is 32.2 Å². The quantitative estimate of drug-likeness (QED) is 0.567. The van der Waals surface area contributed by atoms with Gasteiger partial charge in [-0.3, -0.25) is 0 Å². The van der Waals surface area contributed by atoms with E-state index >= 15 is 0 Å². The molecule has 2 aromatic rings. The van der Waals surface area contributed by atoms with Gasteiger partial charge in [0.2, 0.25) is 0 Å². The van der Waals surface area contributed by atoms with Crippen LogP contribution < -0.4 is 4.18 Å². The second kappa shape index (κ2) is 6.84. The Morgan fingerprint density at radius 1 is 1.00 bits per heavy atom. The van der Waals surface area contributed by atoms with Gasteiger partial charge in [-0.2, -0.15) is 21.6 Å². The predicted molar refractivity (Wildman–Crippen MR) is 86.2 cm³/mol.